The summed E-state index contributed by atoms with van der Waals surface area (Å²) in [5.41, 5.74) is 0. The van der Waals surface area contributed by atoms with Crippen LogP contribution in [0.2, 0.25) is 0 Å². The lowest BCUT2D eigenvalue weighted by atomic mass is 10.0. The van der Waals surface area contributed by atoms with Crippen molar-refractivity contribution in [2.45, 2.75) is 167 Å². The molecule has 0 rings (SSSR count). The smallest absolute Gasteiger partial charge is 0.0586 e. The van der Waals surface area contributed by atoms with Crippen molar-refractivity contribution < 1.29 is 0 Å². The highest BCUT2D eigenvalue weighted by molar-refractivity contribution is 7.73. The second-order valence-electron chi connectivity index (χ2n) is 11.5. The van der Waals surface area contributed by atoms with E-state index in [1.54, 1.807) is 0 Å². The zero-order chi connectivity index (χ0) is 22.9. The summed E-state index contributed by atoms with van der Waals surface area (Å²) in [5.74, 6) is 0. The Kier molecular flexibility index (Phi) is 25.4. The largest absolute Gasteiger partial charge is 0.0654 e. The van der Waals surface area contributed by atoms with Gasteiger partial charge in [-0.05, 0) is 12.8 Å². The molecule has 0 aliphatic rings. The summed E-state index contributed by atoms with van der Waals surface area (Å²) in [5, 5.41) is 0. The highest BCUT2D eigenvalue weighted by Gasteiger charge is 2.15. The molecule has 0 aromatic heterocycles. The van der Waals surface area contributed by atoms with Crippen molar-refractivity contribution in [1.29, 1.82) is 0 Å². The molecular formula is C30H64P+. The zero-order valence-corrected chi connectivity index (χ0v) is 23.7. The minimum Gasteiger partial charge on any atom is -0.0654 e. The lowest BCUT2D eigenvalue weighted by Crippen LogP contribution is -1.93. The van der Waals surface area contributed by atoms with Gasteiger partial charge in [-0.25, -0.2) is 0 Å². The summed E-state index contributed by atoms with van der Waals surface area (Å²) in [6.45, 7) is 9.74. The van der Waals surface area contributed by atoms with Gasteiger partial charge in [0.25, 0.3) is 0 Å². The van der Waals surface area contributed by atoms with Crippen LogP contribution in [-0.4, -0.2) is 26.2 Å². The highest BCUT2D eigenvalue weighted by Crippen LogP contribution is 2.47. The predicted octanol–water partition coefficient (Wildman–Crippen LogP) is 11.7. The van der Waals surface area contributed by atoms with Crippen LogP contribution in [-0.2, 0) is 0 Å². The molecule has 0 fully saturated rings. The van der Waals surface area contributed by atoms with E-state index in [4.69, 9.17) is 0 Å². The minimum atomic E-state index is -0.514. The van der Waals surface area contributed by atoms with Crippen LogP contribution in [0, 0.1) is 0 Å². The van der Waals surface area contributed by atoms with Crippen molar-refractivity contribution in [3.63, 3.8) is 0 Å². The van der Waals surface area contributed by atoms with E-state index < -0.39 is 7.26 Å². The van der Waals surface area contributed by atoms with Gasteiger partial charge >= 0.3 is 0 Å². The van der Waals surface area contributed by atoms with Gasteiger partial charge in [-0.2, -0.15) is 0 Å². The van der Waals surface area contributed by atoms with Gasteiger partial charge in [0.1, 0.15) is 0 Å². The summed E-state index contributed by atoms with van der Waals surface area (Å²) < 4.78 is 0. The summed E-state index contributed by atoms with van der Waals surface area (Å²) in [7, 11) is -0.514. The molecule has 0 aliphatic heterocycles. The molecule has 188 valence electrons. The zero-order valence-electron chi connectivity index (χ0n) is 22.8. The first-order chi connectivity index (χ1) is 15.1. The van der Waals surface area contributed by atoms with E-state index in [0.717, 1.165) is 0 Å². The molecule has 0 N–H and O–H groups in total. The van der Waals surface area contributed by atoms with Crippen LogP contribution in [0.15, 0.2) is 0 Å². The maximum absolute atomic E-state index is 2.48. The van der Waals surface area contributed by atoms with Crippen LogP contribution in [0.1, 0.15) is 167 Å². The van der Waals surface area contributed by atoms with Crippen molar-refractivity contribution in [3.05, 3.63) is 0 Å². The second kappa shape index (κ2) is 25.1. The molecule has 0 nitrogen and oxygen atoms in total. The van der Waals surface area contributed by atoms with Crippen molar-refractivity contribution in [2.24, 2.45) is 0 Å². The van der Waals surface area contributed by atoms with E-state index in [-0.39, 0.29) is 0 Å². The average molecular weight is 456 g/mol. The maximum atomic E-state index is 2.48. The molecule has 0 aromatic rings. The third kappa shape index (κ3) is 30.4. The van der Waals surface area contributed by atoms with E-state index in [0.29, 0.717) is 0 Å². The molecule has 0 atom stereocenters. The molecule has 0 heterocycles. The Balaban J connectivity index is 3.02. The molecule has 31 heavy (non-hydrogen) atoms. The summed E-state index contributed by atoms with van der Waals surface area (Å²) >= 11 is 0. The van der Waals surface area contributed by atoms with Gasteiger partial charge in [-0.15, -0.1) is 0 Å². The molecule has 0 amide bonds. The molecule has 0 bridgehead atoms. The van der Waals surface area contributed by atoms with Crippen molar-refractivity contribution >= 4 is 7.26 Å². The molecule has 1 heteroatoms. The molecule has 0 saturated carbocycles. The summed E-state index contributed by atoms with van der Waals surface area (Å²) in [6.07, 6.45) is 38.6. The fourth-order valence-corrected chi connectivity index (χ4v) is 5.90. The Morgan fingerprint density at radius 3 is 0.677 bits per heavy atom. The number of unbranched alkanes of at least 4 members (excludes halogenated alkanes) is 24. The summed E-state index contributed by atoms with van der Waals surface area (Å²) in [6, 6.07) is 0. The van der Waals surface area contributed by atoms with Gasteiger partial charge in [-0.3, -0.25) is 0 Å². The molecule has 0 saturated heterocycles. The normalized spacial score (nSPS) is 12.0. The average Bonchev–Trinajstić information content (AvgIpc) is 2.73. The quantitative estimate of drug-likeness (QED) is 0.0898. The van der Waals surface area contributed by atoms with Gasteiger partial charge in [-0.1, -0.05) is 155 Å². The van der Waals surface area contributed by atoms with Crippen LogP contribution in [0.25, 0.3) is 0 Å². The van der Waals surface area contributed by atoms with E-state index >= 15 is 0 Å². The lowest BCUT2D eigenvalue weighted by Gasteiger charge is -2.10. The standard InChI is InChI=1S/C30H64P/c1-5-6-7-8-9-10-11-12-13-14-15-16-17-18-19-20-21-22-23-24-25-26-27-28-29-30-31(2,3)4/h5-30H2,1-4H3/q+1. The van der Waals surface area contributed by atoms with Crippen LogP contribution in [0.3, 0.4) is 0 Å². The van der Waals surface area contributed by atoms with Gasteiger partial charge < -0.3 is 0 Å². The number of hydrogen-bond donors (Lipinski definition) is 0. The lowest BCUT2D eigenvalue weighted by molar-refractivity contribution is 0.517. The molecule has 0 unspecified atom stereocenters. The third-order valence-electron chi connectivity index (χ3n) is 6.93. The molecule has 0 spiro atoms. The SMILES string of the molecule is CCCCCCCCCCCCCCCCCCCCCCCCCCC[P+](C)(C)C. The van der Waals surface area contributed by atoms with E-state index in [9.17, 15) is 0 Å². The van der Waals surface area contributed by atoms with Crippen LogP contribution < -0.4 is 0 Å². The van der Waals surface area contributed by atoms with Crippen LogP contribution >= 0.6 is 7.26 Å². The Bertz CT molecular complexity index is 317. The number of hydrogen-bond acceptors (Lipinski definition) is 0. The van der Waals surface area contributed by atoms with Crippen molar-refractivity contribution in [2.75, 3.05) is 26.2 Å². The third-order valence-corrected chi connectivity index (χ3v) is 8.59. The van der Waals surface area contributed by atoms with Crippen LogP contribution in [0.5, 0.6) is 0 Å². The Morgan fingerprint density at radius 2 is 0.484 bits per heavy atom. The summed E-state index contributed by atoms with van der Waals surface area (Å²) in [4.78, 5) is 0. The van der Waals surface area contributed by atoms with Gasteiger partial charge in [0, 0.05) is 27.3 Å². The van der Waals surface area contributed by atoms with E-state index in [1.807, 2.05) is 0 Å². The van der Waals surface area contributed by atoms with Crippen molar-refractivity contribution in [3.8, 4) is 0 Å². The molecule has 0 aliphatic carbocycles. The number of rotatable bonds is 26. The van der Waals surface area contributed by atoms with Gasteiger partial charge in [0.05, 0.1) is 6.16 Å². The Hall–Kier alpha value is 0.430. The molecule has 0 aromatic carbocycles. The highest BCUT2D eigenvalue weighted by atomic mass is 31.2. The maximum Gasteiger partial charge on any atom is 0.0586 e. The second-order valence-corrected chi connectivity index (χ2v) is 16.5. The van der Waals surface area contributed by atoms with Gasteiger partial charge in [0.2, 0.25) is 0 Å². The van der Waals surface area contributed by atoms with E-state index in [2.05, 4.69) is 26.9 Å². The van der Waals surface area contributed by atoms with Gasteiger partial charge in [0.15, 0.2) is 0 Å². The first-order valence-corrected chi connectivity index (χ1v) is 18.2. The van der Waals surface area contributed by atoms with Crippen LogP contribution in [0.4, 0.5) is 0 Å². The Morgan fingerprint density at radius 1 is 0.290 bits per heavy atom. The Labute approximate surface area is 200 Å². The van der Waals surface area contributed by atoms with Crippen molar-refractivity contribution in [1.82, 2.24) is 0 Å². The topological polar surface area (TPSA) is 0 Å². The first-order valence-electron chi connectivity index (χ1n) is 14.9. The molecule has 0 radical (unpaired) electrons. The molecular weight excluding hydrogens is 391 g/mol. The minimum absolute atomic E-state index is 0.514. The fourth-order valence-electron chi connectivity index (χ4n) is 4.73. The first kappa shape index (κ1) is 31.4. The monoisotopic (exact) mass is 455 g/mol. The fraction of sp³-hybridized carbons (Fsp3) is 1.00. The van der Waals surface area contributed by atoms with E-state index in [1.165, 1.54) is 167 Å². The predicted molar refractivity (Wildman–Crippen MR) is 151 cm³/mol.